The average molecular weight is 266 g/mol. The molecule has 0 atom stereocenters. The third-order valence-corrected chi connectivity index (χ3v) is 3.46. The molecule has 0 radical (unpaired) electrons. The van der Waals surface area contributed by atoms with Gasteiger partial charge in [-0.15, -0.1) is 11.3 Å². The SMILES string of the molecule is O=C(O)C=Cc1ccc(CNC(=O)NC2CC2)s1. The van der Waals surface area contributed by atoms with Gasteiger partial charge in [0.05, 0.1) is 6.54 Å². The second-order valence-electron chi connectivity index (χ2n) is 4.08. The van der Waals surface area contributed by atoms with Crippen LogP contribution in [0.3, 0.4) is 0 Å². The standard InChI is InChI=1S/C12H14N2O3S/c15-11(16)6-5-9-3-4-10(18-9)7-13-12(17)14-8-1-2-8/h3-6,8H,1-2,7H2,(H,15,16)(H2,13,14,17). The van der Waals surface area contributed by atoms with Crippen LogP contribution in [-0.2, 0) is 11.3 Å². The van der Waals surface area contributed by atoms with E-state index in [4.69, 9.17) is 5.11 Å². The van der Waals surface area contributed by atoms with Crippen molar-refractivity contribution in [3.05, 3.63) is 28.0 Å². The number of carbonyl (C=O) groups is 2. The lowest BCUT2D eigenvalue weighted by molar-refractivity contribution is -0.131. The Balaban J connectivity index is 1.78. The first-order valence-corrected chi connectivity index (χ1v) is 6.49. The van der Waals surface area contributed by atoms with Crippen LogP contribution < -0.4 is 10.6 Å². The zero-order valence-corrected chi connectivity index (χ0v) is 10.5. The molecule has 2 rings (SSSR count). The maximum Gasteiger partial charge on any atom is 0.328 e. The van der Waals surface area contributed by atoms with Gasteiger partial charge in [-0.25, -0.2) is 9.59 Å². The molecular weight excluding hydrogens is 252 g/mol. The molecule has 18 heavy (non-hydrogen) atoms. The molecule has 0 unspecified atom stereocenters. The van der Waals surface area contributed by atoms with Gasteiger partial charge in [-0.3, -0.25) is 0 Å². The van der Waals surface area contributed by atoms with Crippen molar-refractivity contribution in [2.24, 2.45) is 0 Å². The van der Waals surface area contributed by atoms with E-state index < -0.39 is 5.97 Å². The molecule has 3 N–H and O–H groups in total. The van der Waals surface area contributed by atoms with Crippen molar-refractivity contribution >= 4 is 29.4 Å². The number of aliphatic carboxylic acids is 1. The highest BCUT2D eigenvalue weighted by atomic mass is 32.1. The molecule has 0 bridgehead atoms. The molecular formula is C12H14N2O3S. The molecule has 5 nitrogen and oxygen atoms in total. The van der Waals surface area contributed by atoms with Crippen LogP contribution in [0, 0.1) is 0 Å². The average Bonchev–Trinajstić information content (AvgIpc) is 3.01. The number of hydrogen-bond acceptors (Lipinski definition) is 3. The quantitative estimate of drug-likeness (QED) is 0.711. The number of urea groups is 1. The van der Waals surface area contributed by atoms with E-state index in [1.807, 2.05) is 12.1 Å². The third kappa shape index (κ3) is 4.21. The molecule has 1 heterocycles. The number of carboxylic acid groups (broad SMARTS) is 1. The van der Waals surface area contributed by atoms with E-state index in [0.717, 1.165) is 28.7 Å². The van der Waals surface area contributed by atoms with Crippen LogP contribution >= 0.6 is 11.3 Å². The molecule has 6 heteroatoms. The molecule has 1 saturated carbocycles. The van der Waals surface area contributed by atoms with Gasteiger partial charge in [-0.1, -0.05) is 0 Å². The lowest BCUT2D eigenvalue weighted by atomic mass is 10.4. The zero-order valence-electron chi connectivity index (χ0n) is 9.68. The van der Waals surface area contributed by atoms with Crippen molar-refractivity contribution in [3.63, 3.8) is 0 Å². The predicted molar refractivity (Wildman–Crippen MR) is 69.4 cm³/mol. The second kappa shape index (κ2) is 5.68. The topological polar surface area (TPSA) is 78.4 Å². The highest BCUT2D eigenvalue weighted by Gasteiger charge is 2.22. The smallest absolute Gasteiger partial charge is 0.328 e. The van der Waals surface area contributed by atoms with Gasteiger partial charge < -0.3 is 15.7 Å². The summed E-state index contributed by atoms with van der Waals surface area (Å²) >= 11 is 1.46. The summed E-state index contributed by atoms with van der Waals surface area (Å²) in [5, 5.41) is 14.1. The number of hydrogen-bond donors (Lipinski definition) is 3. The molecule has 1 aromatic heterocycles. The van der Waals surface area contributed by atoms with Crippen LogP contribution in [0.15, 0.2) is 18.2 Å². The van der Waals surface area contributed by atoms with Crippen molar-refractivity contribution in [1.29, 1.82) is 0 Å². The minimum absolute atomic E-state index is 0.145. The summed E-state index contributed by atoms with van der Waals surface area (Å²) in [5.74, 6) is -0.966. The fourth-order valence-corrected chi connectivity index (χ4v) is 2.22. The van der Waals surface area contributed by atoms with Gasteiger partial charge in [0.25, 0.3) is 0 Å². The van der Waals surface area contributed by atoms with E-state index in [2.05, 4.69) is 10.6 Å². The van der Waals surface area contributed by atoms with Crippen LogP contribution in [0.5, 0.6) is 0 Å². The van der Waals surface area contributed by atoms with E-state index in [9.17, 15) is 9.59 Å². The molecule has 96 valence electrons. The Bertz CT molecular complexity index is 477. The second-order valence-corrected chi connectivity index (χ2v) is 5.28. The molecule has 0 saturated heterocycles. The van der Waals surface area contributed by atoms with E-state index in [1.165, 1.54) is 11.3 Å². The Kier molecular flexibility index (Phi) is 3.99. The van der Waals surface area contributed by atoms with Gasteiger partial charge in [0.1, 0.15) is 0 Å². The van der Waals surface area contributed by atoms with Crippen molar-refractivity contribution in [3.8, 4) is 0 Å². The molecule has 0 aromatic carbocycles. The van der Waals surface area contributed by atoms with Gasteiger partial charge in [0, 0.05) is 21.9 Å². The molecule has 0 aliphatic heterocycles. The minimum Gasteiger partial charge on any atom is -0.478 e. The normalized spacial score (nSPS) is 14.7. The maximum atomic E-state index is 11.4. The highest BCUT2D eigenvalue weighted by molar-refractivity contribution is 7.12. The largest absolute Gasteiger partial charge is 0.478 e. The van der Waals surface area contributed by atoms with Crippen molar-refractivity contribution in [2.75, 3.05) is 0 Å². The van der Waals surface area contributed by atoms with Crippen LogP contribution in [0.1, 0.15) is 22.6 Å². The van der Waals surface area contributed by atoms with Crippen LogP contribution in [0.4, 0.5) is 4.79 Å². The van der Waals surface area contributed by atoms with Gasteiger partial charge in [0.15, 0.2) is 0 Å². The van der Waals surface area contributed by atoms with Crippen LogP contribution in [-0.4, -0.2) is 23.1 Å². The van der Waals surface area contributed by atoms with Gasteiger partial charge >= 0.3 is 12.0 Å². The lowest BCUT2D eigenvalue weighted by Gasteiger charge is -2.04. The summed E-state index contributed by atoms with van der Waals surface area (Å²) in [4.78, 5) is 23.6. The van der Waals surface area contributed by atoms with Crippen molar-refractivity contribution < 1.29 is 14.7 Å². The van der Waals surface area contributed by atoms with Crippen molar-refractivity contribution in [2.45, 2.75) is 25.4 Å². The fraction of sp³-hybridized carbons (Fsp3) is 0.333. The van der Waals surface area contributed by atoms with E-state index in [1.54, 1.807) is 6.08 Å². The first-order chi connectivity index (χ1) is 8.63. The Hall–Kier alpha value is -1.82. The first kappa shape index (κ1) is 12.6. The number of rotatable bonds is 5. The monoisotopic (exact) mass is 266 g/mol. The van der Waals surface area contributed by atoms with Gasteiger partial charge in [-0.05, 0) is 31.1 Å². The number of carboxylic acids is 1. The minimum atomic E-state index is -0.966. The summed E-state index contributed by atoms with van der Waals surface area (Å²) in [6.07, 6.45) is 4.77. The Morgan fingerprint density at radius 2 is 2.22 bits per heavy atom. The fourth-order valence-electron chi connectivity index (χ4n) is 1.36. The maximum absolute atomic E-state index is 11.4. The Morgan fingerprint density at radius 3 is 2.89 bits per heavy atom. The van der Waals surface area contributed by atoms with Gasteiger partial charge in [0.2, 0.25) is 0 Å². The predicted octanol–water partition coefficient (Wildman–Crippen LogP) is 1.81. The summed E-state index contributed by atoms with van der Waals surface area (Å²) in [5.41, 5.74) is 0. The Morgan fingerprint density at radius 1 is 1.44 bits per heavy atom. The third-order valence-electron chi connectivity index (χ3n) is 2.41. The highest BCUT2D eigenvalue weighted by Crippen LogP contribution is 2.19. The number of carbonyl (C=O) groups excluding carboxylic acids is 1. The summed E-state index contributed by atoms with van der Waals surface area (Å²) in [6.45, 7) is 0.462. The first-order valence-electron chi connectivity index (χ1n) is 5.67. The summed E-state index contributed by atoms with van der Waals surface area (Å²) in [6, 6.07) is 3.92. The van der Waals surface area contributed by atoms with Crippen molar-refractivity contribution in [1.82, 2.24) is 10.6 Å². The molecule has 1 fully saturated rings. The molecule has 1 aromatic rings. The van der Waals surface area contributed by atoms with E-state index >= 15 is 0 Å². The van der Waals surface area contributed by atoms with Gasteiger partial charge in [-0.2, -0.15) is 0 Å². The van der Waals surface area contributed by atoms with E-state index in [-0.39, 0.29) is 6.03 Å². The lowest BCUT2D eigenvalue weighted by Crippen LogP contribution is -2.36. The number of thiophene rings is 1. The Labute approximate surface area is 109 Å². The zero-order chi connectivity index (χ0) is 13.0. The summed E-state index contributed by atoms with van der Waals surface area (Å²) < 4.78 is 0. The molecule has 1 aliphatic carbocycles. The van der Waals surface area contributed by atoms with Crippen LogP contribution in [0.2, 0.25) is 0 Å². The molecule has 1 aliphatic rings. The number of amides is 2. The van der Waals surface area contributed by atoms with E-state index in [0.29, 0.717) is 12.6 Å². The summed E-state index contributed by atoms with van der Waals surface area (Å²) in [7, 11) is 0. The molecule has 2 amide bonds. The number of nitrogens with one attached hydrogen (secondary N) is 2. The van der Waals surface area contributed by atoms with Crippen LogP contribution in [0.25, 0.3) is 6.08 Å². The molecule has 0 spiro atoms.